The molecular weight excluding hydrogens is 184 g/mol. The number of H-pyrrole nitrogens is 1. The molecule has 3 nitrogen and oxygen atoms in total. The Kier molecular flexibility index (Phi) is 1.67. The van der Waals surface area contributed by atoms with Crippen molar-refractivity contribution in [2.75, 3.05) is 0 Å². The van der Waals surface area contributed by atoms with E-state index < -0.39 is 0 Å². The Bertz CT molecular complexity index is 559. The molecule has 0 unspecified atom stereocenters. The average Bonchev–Trinajstić information content (AvgIpc) is 2.49. The third-order valence-corrected chi connectivity index (χ3v) is 2.94. The largest absolute Gasteiger partial charge is 0.351 e. The van der Waals surface area contributed by atoms with Crippen LogP contribution in [0, 0.1) is 18.3 Å². The molecule has 0 aliphatic carbocycles. The number of aryl methyl sites for hydroxylation is 1. The maximum atomic E-state index is 11.6. The molecule has 4 heteroatoms. The molecule has 0 saturated heterocycles. The predicted octanol–water partition coefficient (Wildman–Crippen LogP) is 1.77. The third-order valence-electron chi connectivity index (χ3n) is 1.91. The Morgan fingerprint density at radius 1 is 1.62 bits per heavy atom. The Hall–Kier alpha value is -1.60. The van der Waals surface area contributed by atoms with Gasteiger partial charge < -0.3 is 4.98 Å². The monoisotopic (exact) mass is 190 g/mol. The van der Waals surface area contributed by atoms with E-state index in [2.05, 4.69) is 4.98 Å². The molecule has 2 aromatic rings. The maximum Gasteiger partial charge on any atom is 0.208 e. The fraction of sp³-hybridized carbons (Fsp3) is 0.111. The van der Waals surface area contributed by atoms with Crippen molar-refractivity contribution >= 4 is 21.6 Å². The van der Waals surface area contributed by atoms with Crippen LogP contribution in [-0.2, 0) is 0 Å². The first-order valence-corrected chi connectivity index (χ1v) is 4.61. The van der Waals surface area contributed by atoms with E-state index in [1.54, 1.807) is 0 Å². The maximum absolute atomic E-state index is 11.6. The van der Waals surface area contributed by atoms with Crippen LogP contribution in [0.3, 0.4) is 0 Å². The van der Waals surface area contributed by atoms with Gasteiger partial charge in [-0.2, -0.15) is 5.26 Å². The molecule has 0 fully saturated rings. The molecule has 0 spiro atoms. The van der Waals surface area contributed by atoms with Gasteiger partial charge in [-0.15, -0.1) is 11.3 Å². The average molecular weight is 190 g/mol. The first-order chi connectivity index (χ1) is 6.24. The van der Waals surface area contributed by atoms with Crippen LogP contribution in [0.5, 0.6) is 0 Å². The zero-order chi connectivity index (χ0) is 9.42. The summed E-state index contributed by atoms with van der Waals surface area (Å²) in [6, 6.07) is 1.87. The third kappa shape index (κ3) is 1.05. The summed E-state index contributed by atoms with van der Waals surface area (Å²) in [5.74, 6) is 0. The second-order valence-electron chi connectivity index (χ2n) is 2.77. The fourth-order valence-electron chi connectivity index (χ4n) is 1.25. The molecule has 1 N–H and O–H groups in total. The molecule has 0 saturated carbocycles. The van der Waals surface area contributed by atoms with Gasteiger partial charge in [0.15, 0.2) is 0 Å². The summed E-state index contributed by atoms with van der Waals surface area (Å²) >= 11 is 1.48. The van der Waals surface area contributed by atoms with Gasteiger partial charge in [-0.1, -0.05) is 0 Å². The first kappa shape index (κ1) is 8.02. The van der Waals surface area contributed by atoms with Crippen molar-refractivity contribution in [3.05, 3.63) is 32.9 Å². The van der Waals surface area contributed by atoms with Crippen LogP contribution in [0.25, 0.3) is 10.2 Å². The van der Waals surface area contributed by atoms with Gasteiger partial charge in [-0.25, -0.2) is 0 Å². The highest BCUT2D eigenvalue weighted by molar-refractivity contribution is 7.16. The molecule has 13 heavy (non-hydrogen) atoms. The molecule has 0 bridgehead atoms. The number of hydrogen-bond donors (Lipinski definition) is 1. The van der Waals surface area contributed by atoms with Gasteiger partial charge in [-0.05, 0) is 17.9 Å². The number of nitriles is 1. The Balaban J connectivity index is 3.03. The van der Waals surface area contributed by atoms with Gasteiger partial charge in [-0.3, -0.25) is 4.79 Å². The van der Waals surface area contributed by atoms with Gasteiger partial charge in [0.2, 0.25) is 5.43 Å². The van der Waals surface area contributed by atoms with Crippen LogP contribution in [0.4, 0.5) is 0 Å². The quantitative estimate of drug-likeness (QED) is 0.688. The Morgan fingerprint density at radius 3 is 3.08 bits per heavy atom. The number of thiophene rings is 1. The molecule has 0 radical (unpaired) electrons. The van der Waals surface area contributed by atoms with E-state index in [-0.39, 0.29) is 11.0 Å². The van der Waals surface area contributed by atoms with Crippen molar-refractivity contribution < 1.29 is 0 Å². The number of aromatic amines is 1. The lowest BCUT2D eigenvalue weighted by molar-refractivity contribution is 1.36. The van der Waals surface area contributed by atoms with Crippen LogP contribution in [0.1, 0.15) is 11.1 Å². The van der Waals surface area contributed by atoms with Gasteiger partial charge in [0.05, 0.1) is 5.39 Å². The number of nitrogens with zero attached hydrogens (tertiary/aromatic N) is 1. The SMILES string of the molecule is Cc1csc2[nH]cc(C#N)c(=O)c12. The van der Waals surface area contributed by atoms with Crippen molar-refractivity contribution in [3.8, 4) is 6.07 Å². The van der Waals surface area contributed by atoms with Crippen molar-refractivity contribution in [2.24, 2.45) is 0 Å². The second kappa shape index (κ2) is 2.71. The van der Waals surface area contributed by atoms with Crippen LogP contribution in [0.2, 0.25) is 0 Å². The number of aromatic nitrogens is 1. The van der Waals surface area contributed by atoms with Crippen LogP contribution in [-0.4, -0.2) is 4.98 Å². The summed E-state index contributed by atoms with van der Waals surface area (Å²) in [7, 11) is 0. The normalized spacial score (nSPS) is 10.2. The molecule has 0 atom stereocenters. The molecule has 0 aromatic carbocycles. The highest BCUT2D eigenvalue weighted by atomic mass is 32.1. The van der Waals surface area contributed by atoms with Crippen LogP contribution >= 0.6 is 11.3 Å². The summed E-state index contributed by atoms with van der Waals surface area (Å²) in [6.07, 6.45) is 1.46. The zero-order valence-corrected chi connectivity index (χ0v) is 7.73. The molecule has 0 aliphatic heterocycles. The van der Waals surface area contributed by atoms with Crippen LogP contribution in [0.15, 0.2) is 16.4 Å². The Labute approximate surface area is 78.3 Å². The molecule has 0 aliphatic rings. The summed E-state index contributed by atoms with van der Waals surface area (Å²) < 4.78 is 0. The molecule has 64 valence electrons. The minimum Gasteiger partial charge on any atom is -0.351 e. The number of rotatable bonds is 0. The van der Waals surface area contributed by atoms with Crippen molar-refractivity contribution in [2.45, 2.75) is 6.92 Å². The van der Waals surface area contributed by atoms with Crippen molar-refractivity contribution in [3.63, 3.8) is 0 Å². The smallest absolute Gasteiger partial charge is 0.208 e. The van der Waals surface area contributed by atoms with Gasteiger partial charge >= 0.3 is 0 Å². The van der Waals surface area contributed by atoms with Crippen molar-refractivity contribution in [1.29, 1.82) is 5.26 Å². The molecule has 2 heterocycles. The number of fused-ring (bicyclic) bond motifs is 1. The number of pyridine rings is 1. The summed E-state index contributed by atoms with van der Waals surface area (Å²) in [5.41, 5.74) is 0.933. The van der Waals surface area contributed by atoms with E-state index in [1.807, 2.05) is 18.4 Å². The zero-order valence-electron chi connectivity index (χ0n) is 6.92. The lowest BCUT2D eigenvalue weighted by atomic mass is 10.2. The highest BCUT2D eigenvalue weighted by Gasteiger charge is 2.07. The standard InChI is InChI=1S/C9H6N2OS/c1-5-4-13-9-7(5)8(12)6(2-10)3-11-9/h3-4H,1H3,(H,11,12). The molecular formula is C9H6N2OS. The van der Waals surface area contributed by atoms with Gasteiger partial charge in [0, 0.05) is 6.20 Å². The summed E-state index contributed by atoms with van der Waals surface area (Å²) in [6.45, 7) is 1.87. The molecule has 2 rings (SSSR count). The summed E-state index contributed by atoms with van der Waals surface area (Å²) in [4.78, 5) is 15.4. The first-order valence-electron chi connectivity index (χ1n) is 3.73. The predicted molar refractivity (Wildman–Crippen MR) is 51.9 cm³/mol. The lowest BCUT2D eigenvalue weighted by Gasteiger charge is -1.91. The minimum absolute atomic E-state index is 0.171. The van der Waals surface area contributed by atoms with Gasteiger partial charge in [0.25, 0.3) is 0 Å². The molecule has 2 aromatic heterocycles. The lowest BCUT2D eigenvalue weighted by Crippen LogP contribution is -2.06. The number of nitrogens with one attached hydrogen (secondary N) is 1. The molecule has 0 amide bonds. The van der Waals surface area contributed by atoms with E-state index in [4.69, 9.17) is 5.26 Å². The second-order valence-corrected chi connectivity index (χ2v) is 3.65. The van der Waals surface area contributed by atoms with E-state index >= 15 is 0 Å². The van der Waals surface area contributed by atoms with E-state index in [0.717, 1.165) is 10.4 Å². The highest BCUT2D eigenvalue weighted by Crippen LogP contribution is 2.19. The minimum atomic E-state index is -0.171. The van der Waals surface area contributed by atoms with E-state index in [1.165, 1.54) is 17.5 Å². The summed E-state index contributed by atoms with van der Waals surface area (Å²) in [5, 5.41) is 11.2. The van der Waals surface area contributed by atoms with Crippen LogP contribution < -0.4 is 5.43 Å². The van der Waals surface area contributed by atoms with E-state index in [0.29, 0.717) is 5.39 Å². The van der Waals surface area contributed by atoms with Gasteiger partial charge in [0.1, 0.15) is 16.5 Å². The Morgan fingerprint density at radius 2 is 2.38 bits per heavy atom. The fourth-order valence-corrected chi connectivity index (χ4v) is 2.16. The van der Waals surface area contributed by atoms with Crippen molar-refractivity contribution in [1.82, 2.24) is 4.98 Å². The van der Waals surface area contributed by atoms with E-state index in [9.17, 15) is 4.79 Å². The number of hydrogen-bond acceptors (Lipinski definition) is 3. The topological polar surface area (TPSA) is 56.6 Å².